The summed E-state index contributed by atoms with van der Waals surface area (Å²) >= 11 is 5.22. The second-order valence-electron chi connectivity index (χ2n) is 4.86. The number of nitrogens with zero attached hydrogens (tertiary/aromatic N) is 1. The molecule has 0 aliphatic heterocycles. The number of hydrogen-bond acceptors (Lipinski definition) is 3. The van der Waals surface area contributed by atoms with Crippen LogP contribution in [0.5, 0.6) is 0 Å². The lowest BCUT2D eigenvalue weighted by atomic mass is 9.72. The molecule has 1 fully saturated rings. The van der Waals surface area contributed by atoms with E-state index in [1.165, 1.54) is 28.8 Å². The summed E-state index contributed by atoms with van der Waals surface area (Å²) in [5.41, 5.74) is 9.75. The quantitative estimate of drug-likeness (QED) is 0.795. The third-order valence-corrected chi connectivity index (χ3v) is 5.43. The van der Waals surface area contributed by atoms with Crippen molar-refractivity contribution in [2.75, 3.05) is 5.73 Å². The van der Waals surface area contributed by atoms with Gasteiger partial charge in [0.1, 0.15) is 0 Å². The average Bonchev–Trinajstić information content (AvgIpc) is 2.51. The van der Waals surface area contributed by atoms with Crippen molar-refractivity contribution in [1.29, 1.82) is 0 Å². The van der Waals surface area contributed by atoms with E-state index in [1.54, 1.807) is 11.3 Å². The van der Waals surface area contributed by atoms with E-state index in [0.29, 0.717) is 11.0 Å². The first kappa shape index (κ1) is 10.1. The smallest absolute Gasteiger partial charge is 0.180 e. The van der Waals surface area contributed by atoms with Crippen molar-refractivity contribution in [3.8, 4) is 11.3 Å². The van der Waals surface area contributed by atoms with E-state index in [2.05, 4.69) is 39.1 Å². The molecule has 1 heterocycles. The van der Waals surface area contributed by atoms with Gasteiger partial charge in [0.15, 0.2) is 5.13 Å². The molecule has 86 valence electrons. The largest absolute Gasteiger partial charge is 0.375 e. The van der Waals surface area contributed by atoms with E-state index in [-0.39, 0.29) is 0 Å². The third kappa shape index (κ3) is 1.34. The van der Waals surface area contributed by atoms with Crippen LogP contribution in [0.25, 0.3) is 11.3 Å². The molecule has 0 saturated heterocycles. The molecule has 3 aliphatic carbocycles. The number of hydrogen-bond donors (Lipinski definition) is 1. The lowest BCUT2D eigenvalue weighted by Gasteiger charge is -2.33. The summed E-state index contributed by atoms with van der Waals surface area (Å²) in [5.74, 6) is 1.42. The molecule has 0 spiro atoms. The molecule has 1 aromatic heterocycles. The SMILES string of the molecule is Nc1nc2c(s1)C1CC(C1)c1ccc(Br)cc1-2. The van der Waals surface area contributed by atoms with Crippen LogP contribution in [0.4, 0.5) is 5.13 Å². The molecule has 2 bridgehead atoms. The van der Waals surface area contributed by atoms with Crippen molar-refractivity contribution in [3.63, 3.8) is 0 Å². The summed E-state index contributed by atoms with van der Waals surface area (Å²) in [6.45, 7) is 0. The Morgan fingerprint density at radius 3 is 2.94 bits per heavy atom. The highest BCUT2D eigenvalue weighted by atomic mass is 79.9. The molecule has 1 aromatic carbocycles. The van der Waals surface area contributed by atoms with Gasteiger partial charge in [-0.05, 0) is 42.4 Å². The summed E-state index contributed by atoms with van der Waals surface area (Å²) < 4.78 is 1.12. The second kappa shape index (κ2) is 3.33. The Morgan fingerprint density at radius 1 is 1.29 bits per heavy atom. The van der Waals surface area contributed by atoms with Gasteiger partial charge in [-0.25, -0.2) is 4.98 Å². The van der Waals surface area contributed by atoms with Crippen molar-refractivity contribution in [2.24, 2.45) is 0 Å². The first-order valence-corrected chi connectivity index (χ1v) is 7.39. The molecule has 2 nitrogen and oxygen atoms in total. The molecule has 4 heteroatoms. The standard InChI is InChI=1S/C13H11BrN2S/c14-8-1-2-9-6-3-7(4-6)12-11(10(9)5-8)16-13(15)17-12/h1-2,5-7H,3-4H2,(H2,15,16). The van der Waals surface area contributed by atoms with Crippen LogP contribution in [0.15, 0.2) is 22.7 Å². The molecule has 0 radical (unpaired) electrons. The molecule has 2 N–H and O–H groups in total. The number of benzene rings is 1. The molecule has 5 rings (SSSR count). The van der Waals surface area contributed by atoms with Gasteiger partial charge in [0, 0.05) is 14.9 Å². The zero-order chi connectivity index (χ0) is 11.6. The summed E-state index contributed by atoms with van der Waals surface area (Å²) in [5, 5.41) is 0.700. The van der Waals surface area contributed by atoms with E-state index in [1.807, 2.05) is 0 Å². The normalized spacial score (nSPS) is 24.5. The van der Waals surface area contributed by atoms with Crippen LogP contribution in [0.1, 0.15) is 35.1 Å². The highest BCUT2D eigenvalue weighted by molar-refractivity contribution is 9.10. The molecule has 2 aromatic rings. The van der Waals surface area contributed by atoms with Gasteiger partial charge in [0.25, 0.3) is 0 Å². The number of anilines is 1. The summed E-state index contributed by atoms with van der Waals surface area (Å²) in [4.78, 5) is 5.94. The first-order valence-electron chi connectivity index (χ1n) is 5.78. The van der Waals surface area contributed by atoms with Gasteiger partial charge in [-0.1, -0.05) is 22.0 Å². The van der Waals surface area contributed by atoms with Gasteiger partial charge >= 0.3 is 0 Å². The Labute approximate surface area is 112 Å². The lowest BCUT2D eigenvalue weighted by Crippen LogP contribution is -2.17. The fourth-order valence-electron chi connectivity index (χ4n) is 2.99. The highest BCUT2D eigenvalue weighted by Crippen LogP contribution is 2.57. The molecule has 1 saturated carbocycles. The Morgan fingerprint density at radius 2 is 2.12 bits per heavy atom. The number of thiazole rings is 1. The second-order valence-corrected chi connectivity index (χ2v) is 6.84. The van der Waals surface area contributed by atoms with Gasteiger partial charge in [0.2, 0.25) is 0 Å². The zero-order valence-electron chi connectivity index (χ0n) is 9.11. The molecular weight excluding hydrogens is 296 g/mol. The Bertz CT molecular complexity index is 614. The predicted molar refractivity (Wildman–Crippen MR) is 74.4 cm³/mol. The van der Waals surface area contributed by atoms with E-state index in [4.69, 9.17) is 5.73 Å². The molecule has 0 atom stereocenters. The summed E-state index contributed by atoms with van der Waals surface area (Å²) in [6, 6.07) is 6.56. The van der Waals surface area contributed by atoms with Crippen LogP contribution in [0.2, 0.25) is 0 Å². The Kier molecular flexibility index (Phi) is 1.97. The van der Waals surface area contributed by atoms with E-state index >= 15 is 0 Å². The maximum atomic E-state index is 5.88. The van der Waals surface area contributed by atoms with Crippen molar-refractivity contribution in [1.82, 2.24) is 4.98 Å². The van der Waals surface area contributed by atoms with E-state index < -0.39 is 0 Å². The lowest BCUT2D eigenvalue weighted by molar-refractivity contribution is 0.361. The minimum atomic E-state index is 0.691. The van der Waals surface area contributed by atoms with Crippen LogP contribution >= 0.6 is 27.3 Å². The van der Waals surface area contributed by atoms with Gasteiger partial charge < -0.3 is 5.73 Å². The topological polar surface area (TPSA) is 38.9 Å². The van der Waals surface area contributed by atoms with Crippen LogP contribution in [-0.2, 0) is 0 Å². The fourth-order valence-corrected chi connectivity index (χ4v) is 4.33. The van der Waals surface area contributed by atoms with E-state index in [9.17, 15) is 0 Å². The monoisotopic (exact) mass is 306 g/mol. The number of nitrogen functional groups attached to an aromatic ring is 1. The number of aromatic nitrogens is 1. The molecular formula is C13H11BrN2S. The van der Waals surface area contributed by atoms with Crippen LogP contribution < -0.4 is 5.73 Å². The minimum Gasteiger partial charge on any atom is -0.375 e. The van der Waals surface area contributed by atoms with Gasteiger partial charge in [-0.15, -0.1) is 11.3 Å². The maximum Gasteiger partial charge on any atom is 0.180 e. The molecule has 0 unspecified atom stereocenters. The number of rotatable bonds is 0. The van der Waals surface area contributed by atoms with Gasteiger partial charge in [-0.2, -0.15) is 0 Å². The van der Waals surface area contributed by atoms with E-state index in [0.717, 1.165) is 16.1 Å². The number of halogens is 1. The van der Waals surface area contributed by atoms with Crippen LogP contribution in [0, 0.1) is 0 Å². The van der Waals surface area contributed by atoms with Gasteiger partial charge in [0.05, 0.1) is 5.69 Å². The third-order valence-electron chi connectivity index (χ3n) is 3.89. The molecule has 0 amide bonds. The molecule has 17 heavy (non-hydrogen) atoms. The van der Waals surface area contributed by atoms with Crippen LogP contribution in [0.3, 0.4) is 0 Å². The van der Waals surface area contributed by atoms with Crippen LogP contribution in [-0.4, -0.2) is 4.98 Å². The Hall–Kier alpha value is -0.870. The van der Waals surface area contributed by atoms with Crippen molar-refractivity contribution >= 4 is 32.4 Å². The highest BCUT2D eigenvalue weighted by Gasteiger charge is 2.39. The zero-order valence-corrected chi connectivity index (χ0v) is 11.5. The fraction of sp³-hybridized carbons (Fsp3) is 0.308. The van der Waals surface area contributed by atoms with Gasteiger partial charge in [-0.3, -0.25) is 0 Å². The average molecular weight is 307 g/mol. The maximum absolute atomic E-state index is 5.88. The molecule has 3 aliphatic rings. The minimum absolute atomic E-state index is 0.691. The van der Waals surface area contributed by atoms with Crippen molar-refractivity contribution in [2.45, 2.75) is 24.7 Å². The summed E-state index contributed by atoms with van der Waals surface area (Å²) in [7, 11) is 0. The Balaban J connectivity index is 2.05. The van der Waals surface area contributed by atoms with Crippen molar-refractivity contribution < 1.29 is 0 Å². The summed E-state index contributed by atoms with van der Waals surface area (Å²) in [6.07, 6.45) is 2.53. The number of nitrogens with two attached hydrogens (primary N) is 1. The first-order chi connectivity index (χ1) is 8.22. The van der Waals surface area contributed by atoms with Crippen molar-refractivity contribution in [3.05, 3.63) is 33.1 Å². The predicted octanol–water partition coefficient (Wildman–Crippen LogP) is 4.13.